The van der Waals surface area contributed by atoms with Gasteiger partial charge < -0.3 is 4.42 Å². The van der Waals surface area contributed by atoms with Gasteiger partial charge in [-0.05, 0) is 45.8 Å². The highest BCUT2D eigenvalue weighted by Gasteiger charge is 2.19. The molecule has 0 saturated heterocycles. The maximum Gasteiger partial charge on any atom is 0.164 e. The number of fused-ring (bicyclic) bond motifs is 7. The molecule has 48 heavy (non-hydrogen) atoms. The van der Waals surface area contributed by atoms with Gasteiger partial charge in [-0.15, -0.1) is 11.3 Å². The minimum absolute atomic E-state index is 0.613. The largest absolute Gasteiger partial charge is 0.456 e. The molecule has 0 aliphatic heterocycles. The van der Waals surface area contributed by atoms with Crippen LogP contribution < -0.4 is 0 Å². The summed E-state index contributed by atoms with van der Waals surface area (Å²) in [5.74, 6) is 1.88. The lowest BCUT2D eigenvalue weighted by Crippen LogP contribution is -2.01. The summed E-state index contributed by atoms with van der Waals surface area (Å²) in [6, 6.07) is 49.8. The zero-order valence-corrected chi connectivity index (χ0v) is 26.3. The maximum absolute atomic E-state index is 6.52. The lowest BCUT2D eigenvalue weighted by Gasteiger charge is -2.11. The Kier molecular flexibility index (Phi) is 5.98. The van der Waals surface area contributed by atoms with Crippen LogP contribution in [0.15, 0.2) is 150 Å². The van der Waals surface area contributed by atoms with Crippen molar-refractivity contribution in [2.24, 2.45) is 0 Å². The van der Waals surface area contributed by atoms with Crippen LogP contribution in [0.1, 0.15) is 0 Å². The Bertz CT molecular complexity index is 2840. The topological polar surface area (TPSA) is 64.7 Å². The third kappa shape index (κ3) is 4.31. The fourth-order valence-corrected chi connectivity index (χ4v) is 7.66. The highest BCUT2D eigenvalue weighted by molar-refractivity contribution is 7.21. The fraction of sp³-hybridized carbons (Fsp3) is 0. The highest BCUT2D eigenvalue weighted by Crippen LogP contribution is 2.41. The smallest absolute Gasteiger partial charge is 0.164 e. The molecule has 0 spiro atoms. The molecular formula is C42H24N4OS. The maximum atomic E-state index is 6.52. The average molecular weight is 633 g/mol. The minimum atomic E-state index is 0.613. The van der Waals surface area contributed by atoms with Gasteiger partial charge in [0.15, 0.2) is 17.5 Å². The van der Waals surface area contributed by atoms with Crippen LogP contribution in [0.3, 0.4) is 0 Å². The van der Waals surface area contributed by atoms with Gasteiger partial charge in [0.05, 0.1) is 15.6 Å². The molecule has 0 amide bonds. The van der Waals surface area contributed by atoms with Crippen molar-refractivity contribution in [1.29, 1.82) is 0 Å². The normalized spacial score (nSPS) is 11.8. The first kappa shape index (κ1) is 26.9. The Morgan fingerprint density at radius 2 is 1.08 bits per heavy atom. The van der Waals surface area contributed by atoms with Crippen LogP contribution in [0.4, 0.5) is 0 Å². The third-order valence-corrected chi connectivity index (χ3v) is 10.0. The van der Waals surface area contributed by atoms with Crippen molar-refractivity contribution in [3.8, 4) is 44.7 Å². The van der Waals surface area contributed by atoms with Crippen LogP contribution in [-0.2, 0) is 0 Å². The number of rotatable bonds is 4. The Labute approximate surface area is 278 Å². The Morgan fingerprint density at radius 3 is 1.88 bits per heavy atom. The summed E-state index contributed by atoms with van der Waals surface area (Å²) in [6.07, 6.45) is 0. The molecule has 0 fully saturated rings. The molecule has 0 bridgehead atoms. The molecule has 10 aromatic rings. The molecule has 6 heteroatoms. The van der Waals surface area contributed by atoms with Crippen molar-refractivity contribution < 1.29 is 4.42 Å². The van der Waals surface area contributed by atoms with E-state index in [-0.39, 0.29) is 0 Å². The number of aromatic nitrogens is 4. The van der Waals surface area contributed by atoms with Crippen LogP contribution >= 0.6 is 11.3 Å². The quantitative estimate of drug-likeness (QED) is 0.193. The van der Waals surface area contributed by atoms with E-state index >= 15 is 0 Å². The standard InChI is InChI=1S/C42H24N4OS/c1-3-12-26(13-4-1)39-44-40(30-19-9-16-25-11-7-8-18-29(25)30)46-41(45-39)31-20-10-17-28-23-33-35(24-32(28)31)47-34-21-22-36-38(37(33)34)43-42(48-36)27-14-5-2-6-15-27/h1-24H. The second kappa shape index (κ2) is 10.7. The van der Waals surface area contributed by atoms with Crippen LogP contribution in [0.2, 0.25) is 0 Å². The van der Waals surface area contributed by atoms with E-state index in [1.165, 1.54) is 0 Å². The van der Waals surface area contributed by atoms with E-state index in [0.29, 0.717) is 17.5 Å². The average Bonchev–Trinajstić information content (AvgIpc) is 3.75. The summed E-state index contributed by atoms with van der Waals surface area (Å²) >= 11 is 1.70. The third-order valence-electron chi connectivity index (χ3n) is 8.95. The molecule has 10 rings (SSSR count). The fourth-order valence-electron chi connectivity index (χ4n) is 6.68. The van der Waals surface area contributed by atoms with E-state index in [1.54, 1.807) is 11.3 Å². The first-order valence-corrected chi connectivity index (χ1v) is 16.6. The predicted octanol–water partition coefficient (Wildman–Crippen LogP) is 11.4. The number of thiazole rings is 1. The molecule has 224 valence electrons. The number of hydrogen-bond donors (Lipinski definition) is 0. The first-order chi connectivity index (χ1) is 23.8. The van der Waals surface area contributed by atoms with Gasteiger partial charge >= 0.3 is 0 Å². The molecule has 3 heterocycles. The van der Waals surface area contributed by atoms with Crippen LogP contribution in [0.25, 0.3) is 98.4 Å². The number of benzene rings is 7. The first-order valence-electron chi connectivity index (χ1n) is 15.8. The van der Waals surface area contributed by atoms with E-state index in [0.717, 1.165) is 81.0 Å². The summed E-state index contributed by atoms with van der Waals surface area (Å²) in [5.41, 5.74) is 6.53. The van der Waals surface area contributed by atoms with Gasteiger partial charge in [0.25, 0.3) is 0 Å². The lowest BCUT2D eigenvalue weighted by molar-refractivity contribution is 0.670. The van der Waals surface area contributed by atoms with Gasteiger partial charge in [0, 0.05) is 27.6 Å². The Morgan fingerprint density at radius 1 is 0.438 bits per heavy atom. The van der Waals surface area contributed by atoms with Gasteiger partial charge in [0.1, 0.15) is 16.2 Å². The van der Waals surface area contributed by atoms with Crippen molar-refractivity contribution in [2.75, 3.05) is 0 Å². The molecule has 0 saturated carbocycles. The summed E-state index contributed by atoms with van der Waals surface area (Å²) in [5, 5.41) is 7.41. The van der Waals surface area contributed by atoms with Crippen LogP contribution in [0, 0.1) is 0 Å². The molecule has 0 radical (unpaired) electrons. The number of nitrogens with zero attached hydrogens (tertiary/aromatic N) is 4. The van der Waals surface area contributed by atoms with E-state index in [2.05, 4.69) is 97.1 Å². The Balaban J connectivity index is 1.20. The van der Waals surface area contributed by atoms with Crippen molar-refractivity contribution in [2.45, 2.75) is 0 Å². The molecule has 5 nitrogen and oxygen atoms in total. The predicted molar refractivity (Wildman–Crippen MR) is 197 cm³/mol. The summed E-state index contributed by atoms with van der Waals surface area (Å²) in [4.78, 5) is 20.3. The highest BCUT2D eigenvalue weighted by atomic mass is 32.1. The van der Waals surface area contributed by atoms with Crippen LogP contribution in [0.5, 0.6) is 0 Å². The lowest BCUT2D eigenvalue weighted by atomic mass is 10.0. The molecule has 7 aromatic carbocycles. The van der Waals surface area contributed by atoms with E-state index in [1.807, 2.05) is 48.5 Å². The number of hydrogen-bond acceptors (Lipinski definition) is 6. The monoisotopic (exact) mass is 632 g/mol. The SMILES string of the molecule is c1ccc(-c2nc(-c3cccc4ccccc34)nc(-c3cccc4cc5c(cc34)oc3ccc4sc(-c6ccccc6)nc4c35)n2)cc1. The van der Waals surface area contributed by atoms with E-state index in [9.17, 15) is 0 Å². The second-order valence-electron chi connectivity index (χ2n) is 11.8. The van der Waals surface area contributed by atoms with Crippen molar-refractivity contribution >= 4 is 65.0 Å². The summed E-state index contributed by atoms with van der Waals surface area (Å²) < 4.78 is 7.66. The Hall–Kier alpha value is -6.24. The van der Waals surface area contributed by atoms with E-state index < -0.39 is 0 Å². The number of furan rings is 1. The summed E-state index contributed by atoms with van der Waals surface area (Å²) in [6.45, 7) is 0. The van der Waals surface area contributed by atoms with E-state index in [4.69, 9.17) is 24.4 Å². The molecule has 0 aliphatic rings. The molecule has 0 N–H and O–H groups in total. The van der Waals surface area contributed by atoms with Crippen molar-refractivity contribution in [3.05, 3.63) is 146 Å². The molecule has 0 aliphatic carbocycles. The van der Waals surface area contributed by atoms with Crippen molar-refractivity contribution in [1.82, 2.24) is 19.9 Å². The zero-order chi connectivity index (χ0) is 31.6. The van der Waals surface area contributed by atoms with Crippen molar-refractivity contribution in [3.63, 3.8) is 0 Å². The van der Waals surface area contributed by atoms with Gasteiger partial charge in [-0.2, -0.15) is 0 Å². The molecule has 0 atom stereocenters. The minimum Gasteiger partial charge on any atom is -0.456 e. The van der Waals surface area contributed by atoms with Crippen LogP contribution in [-0.4, -0.2) is 19.9 Å². The molecule has 0 unspecified atom stereocenters. The van der Waals surface area contributed by atoms with Gasteiger partial charge in [-0.3, -0.25) is 0 Å². The zero-order valence-electron chi connectivity index (χ0n) is 25.5. The molecular weight excluding hydrogens is 609 g/mol. The van der Waals surface area contributed by atoms with Gasteiger partial charge in [0.2, 0.25) is 0 Å². The molecule has 3 aromatic heterocycles. The summed E-state index contributed by atoms with van der Waals surface area (Å²) in [7, 11) is 0. The second-order valence-corrected chi connectivity index (χ2v) is 12.9. The van der Waals surface area contributed by atoms with Gasteiger partial charge in [-0.1, -0.05) is 121 Å². The van der Waals surface area contributed by atoms with Gasteiger partial charge in [-0.25, -0.2) is 19.9 Å².